The van der Waals surface area contributed by atoms with Crippen molar-refractivity contribution in [2.45, 2.75) is 30.3 Å². The standard InChI is InChI=1S/C16H24N2O6S/c1-23-8-3-7-18-25(21,22)13-5-6-15(14(10-13)16(19)20)17-11-12-4-2-9-24-12/h5-6,10,12,17-18H,2-4,7-9,11H2,1H3,(H,19,20). The highest BCUT2D eigenvalue weighted by Gasteiger charge is 2.20. The highest BCUT2D eigenvalue weighted by Crippen LogP contribution is 2.22. The zero-order valence-corrected chi connectivity index (χ0v) is 15.0. The van der Waals surface area contributed by atoms with E-state index in [4.69, 9.17) is 9.47 Å². The molecule has 1 aromatic rings. The van der Waals surface area contributed by atoms with Crippen LogP contribution in [-0.4, -0.2) is 59.0 Å². The van der Waals surface area contributed by atoms with Gasteiger partial charge in [0.2, 0.25) is 10.0 Å². The molecule has 1 aliphatic rings. The molecule has 0 amide bonds. The van der Waals surface area contributed by atoms with Crippen LogP contribution in [0.4, 0.5) is 5.69 Å². The summed E-state index contributed by atoms with van der Waals surface area (Å²) in [7, 11) is -2.23. The second-order valence-corrected chi connectivity index (χ2v) is 7.54. The molecular formula is C16H24N2O6S. The number of hydrogen-bond donors (Lipinski definition) is 3. The van der Waals surface area contributed by atoms with Crippen molar-refractivity contribution in [3.05, 3.63) is 23.8 Å². The maximum Gasteiger partial charge on any atom is 0.337 e. The lowest BCUT2D eigenvalue weighted by Gasteiger charge is -2.15. The van der Waals surface area contributed by atoms with Gasteiger partial charge in [0.25, 0.3) is 0 Å². The normalized spacial score (nSPS) is 17.6. The van der Waals surface area contributed by atoms with E-state index < -0.39 is 16.0 Å². The number of hydrogen-bond acceptors (Lipinski definition) is 6. The Bertz CT molecular complexity index is 686. The molecule has 1 unspecified atom stereocenters. The molecule has 1 saturated heterocycles. The van der Waals surface area contributed by atoms with Gasteiger partial charge in [-0.25, -0.2) is 17.9 Å². The van der Waals surface area contributed by atoms with Gasteiger partial charge in [0.15, 0.2) is 0 Å². The number of rotatable bonds is 10. The Balaban J connectivity index is 2.09. The van der Waals surface area contributed by atoms with Gasteiger partial charge in [0.05, 0.1) is 16.6 Å². The van der Waals surface area contributed by atoms with Crippen molar-refractivity contribution in [2.24, 2.45) is 0 Å². The number of aromatic carboxylic acids is 1. The summed E-state index contributed by atoms with van der Waals surface area (Å²) in [5.74, 6) is -1.19. The predicted molar refractivity (Wildman–Crippen MR) is 92.5 cm³/mol. The van der Waals surface area contributed by atoms with Crippen molar-refractivity contribution in [1.29, 1.82) is 0 Å². The van der Waals surface area contributed by atoms with E-state index in [0.717, 1.165) is 12.8 Å². The zero-order valence-electron chi connectivity index (χ0n) is 14.2. The number of benzene rings is 1. The lowest BCUT2D eigenvalue weighted by Crippen LogP contribution is -2.26. The molecule has 1 atom stereocenters. The third-order valence-corrected chi connectivity index (χ3v) is 5.35. The van der Waals surface area contributed by atoms with Crippen LogP contribution in [0.2, 0.25) is 0 Å². The maximum atomic E-state index is 12.3. The highest BCUT2D eigenvalue weighted by molar-refractivity contribution is 7.89. The molecule has 0 aliphatic carbocycles. The molecule has 3 N–H and O–H groups in total. The van der Waals surface area contributed by atoms with Crippen molar-refractivity contribution < 1.29 is 27.8 Å². The first-order valence-corrected chi connectivity index (χ1v) is 9.64. The molecule has 0 radical (unpaired) electrons. The lowest BCUT2D eigenvalue weighted by molar-refractivity contribution is 0.0697. The summed E-state index contributed by atoms with van der Waals surface area (Å²) in [6.45, 7) is 1.86. The second kappa shape index (κ2) is 9.14. The van der Waals surface area contributed by atoms with Crippen molar-refractivity contribution in [1.82, 2.24) is 4.72 Å². The van der Waals surface area contributed by atoms with Crippen molar-refractivity contribution >= 4 is 21.7 Å². The van der Waals surface area contributed by atoms with Crippen LogP contribution in [0, 0.1) is 0 Å². The molecule has 0 bridgehead atoms. The van der Waals surface area contributed by atoms with E-state index in [-0.39, 0.29) is 23.1 Å². The monoisotopic (exact) mass is 372 g/mol. The summed E-state index contributed by atoms with van der Waals surface area (Å²) >= 11 is 0. The molecule has 1 aliphatic heterocycles. The third-order valence-electron chi connectivity index (χ3n) is 3.89. The summed E-state index contributed by atoms with van der Waals surface area (Å²) < 4.78 is 37.3. The molecule has 9 heteroatoms. The van der Waals surface area contributed by atoms with Crippen LogP contribution < -0.4 is 10.0 Å². The quantitative estimate of drug-likeness (QED) is 0.530. The average Bonchev–Trinajstić information content (AvgIpc) is 3.10. The van der Waals surface area contributed by atoms with Gasteiger partial charge >= 0.3 is 5.97 Å². The summed E-state index contributed by atoms with van der Waals surface area (Å²) in [6, 6.07) is 4.03. The molecule has 8 nitrogen and oxygen atoms in total. The van der Waals surface area contributed by atoms with E-state index >= 15 is 0 Å². The summed E-state index contributed by atoms with van der Waals surface area (Å²) in [6.07, 6.45) is 2.49. The van der Waals surface area contributed by atoms with E-state index in [1.54, 1.807) is 0 Å². The minimum absolute atomic E-state index is 0.0486. The summed E-state index contributed by atoms with van der Waals surface area (Å²) in [5.41, 5.74) is 0.291. The number of ether oxygens (including phenoxy) is 2. The number of methoxy groups -OCH3 is 1. The van der Waals surface area contributed by atoms with Crippen LogP contribution in [0.3, 0.4) is 0 Å². The molecular weight excluding hydrogens is 348 g/mol. The van der Waals surface area contributed by atoms with Gasteiger partial charge in [-0.3, -0.25) is 0 Å². The zero-order chi connectivity index (χ0) is 18.3. The van der Waals surface area contributed by atoms with Crippen molar-refractivity contribution in [3.63, 3.8) is 0 Å². The number of carboxylic acids is 1. The van der Waals surface area contributed by atoms with Crippen LogP contribution in [0.15, 0.2) is 23.1 Å². The van der Waals surface area contributed by atoms with Crippen molar-refractivity contribution in [2.75, 3.05) is 38.7 Å². The number of nitrogens with one attached hydrogen (secondary N) is 2. The molecule has 140 valence electrons. The van der Waals surface area contributed by atoms with Crippen LogP contribution in [-0.2, 0) is 19.5 Å². The molecule has 1 aromatic carbocycles. The Labute approximate surface area is 147 Å². The largest absolute Gasteiger partial charge is 0.478 e. The van der Waals surface area contributed by atoms with Gasteiger partial charge in [-0.05, 0) is 37.5 Å². The molecule has 2 rings (SSSR count). The Morgan fingerprint density at radius 3 is 2.88 bits per heavy atom. The lowest BCUT2D eigenvalue weighted by atomic mass is 10.1. The Hall–Kier alpha value is -1.68. The fraction of sp³-hybridized carbons (Fsp3) is 0.562. The van der Waals surface area contributed by atoms with Crippen LogP contribution >= 0.6 is 0 Å². The predicted octanol–water partition coefficient (Wildman–Crippen LogP) is 1.29. The number of carbonyl (C=O) groups is 1. The van der Waals surface area contributed by atoms with E-state index in [1.807, 2.05) is 0 Å². The fourth-order valence-electron chi connectivity index (χ4n) is 2.56. The third kappa shape index (κ3) is 5.67. The number of sulfonamides is 1. The van der Waals surface area contributed by atoms with Gasteiger partial charge in [-0.15, -0.1) is 0 Å². The fourth-order valence-corrected chi connectivity index (χ4v) is 3.66. The first-order chi connectivity index (χ1) is 11.9. The highest BCUT2D eigenvalue weighted by atomic mass is 32.2. The van der Waals surface area contributed by atoms with Gasteiger partial charge in [0, 0.05) is 39.1 Å². The van der Waals surface area contributed by atoms with Gasteiger partial charge in [-0.2, -0.15) is 0 Å². The molecule has 0 aromatic heterocycles. The summed E-state index contributed by atoms with van der Waals surface area (Å²) in [4.78, 5) is 11.4. The van der Waals surface area contributed by atoms with E-state index in [1.165, 1.54) is 25.3 Å². The van der Waals surface area contributed by atoms with E-state index in [9.17, 15) is 18.3 Å². The second-order valence-electron chi connectivity index (χ2n) is 5.77. The Morgan fingerprint density at radius 1 is 1.44 bits per heavy atom. The van der Waals surface area contributed by atoms with Crippen LogP contribution in [0.1, 0.15) is 29.6 Å². The molecule has 1 heterocycles. The Kier molecular flexibility index (Phi) is 7.18. The first-order valence-electron chi connectivity index (χ1n) is 8.15. The average molecular weight is 372 g/mol. The van der Waals surface area contributed by atoms with Crippen molar-refractivity contribution in [3.8, 4) is 0 Å². The molecule has 0 spiro atoms. The van der Waals surface area contributed by atoms with Gasteiger partial charge in [-0.1, -0.05) is 0 Å². The minimum Gasteiger partial charge on any atom is -0.478 e. The topological polar surface area (TPSA) is 114 Å². The SMILES string of the molecule is COCCCNS(=O)(=O)c1ccc(NCC2CCCO2)c(C(=O)O)c1. The van der Waals surface area contributed by atoms with Gasteiger partial charge < -0.3 is 19.9 Å². The molecule has 1 fully saturated rings. The summed E-state index contributed by atoms with van der Waals surface area (Å²) in [5, 5.41) is 12.4. The number of carboxylic acid groups (broad SMARTS) is 1. The van der Waals surface area contributed by atoms with E-state index in [0.29, 0.717) is 31.9 Å². The Morgan fingerprint density at radius 2 is 2.24 bits per heavy atom. The van der Waals surface area contributed by atoms with Crippen LogP contribution in [0.5, 0.6) is 0 Å². The smallest absolute Gasteiger partial charge is 0.337 e. The first kappa shape index (κ1) is 19.6. The molecule has 25 heavy (non-hydrogen) atoms. The maximum absolute atomic E-state index is 12.3. The molecule has 0 saturated carbocycles. The minimum atomic E-state index is -3.77. The van der Waals surface area contributed by atoms with E-state index in [2.05, 4.69) is 10.0 Å². The van der Waals surface area contributed by atoms with Gasteiger partial charge in [0.1, 0.15) is 0 Å². The van der Waals surface area contributed by atoms with Crippen LogP contribution in [0.25, 0.3) is 0 Å². The number of anilines is 1.